The molecule has 0 amide bonds. The number of allylic oxidation sites excluding steroid dienone is 2. The summed E-state index contributed by atoms with van der Waals surface area (Å²) in [6, 6.07) is 1.38. The first kappa shape index (κ1) is 21.5. The molecule has 4 aliphatic rings. The van der Waals surface area contributed by atoms with E-state index in [1.54, 1.807) is 13.0 Å². The molecule has 2 heterocycles. The number of benzene rings is 1. The van der Waals surface area contributed by atoms with Gasteiger partial charge in [0.05, 0.1) is 6.10 Å². The molecule has 1 fully saturated rings. The van der Waals surface area contributed by atoms with Gasteiger partial charge in [0.15, 0.2) is 5.78 Å². The second kappa shape index (κ2) is 6.35. The summed E-state index contributed by atoms with van der Waals surface area (Å²) in [6.45, 7) is 9.43. The maximum absolute atomic E-state index is 12.7. The number of aromatic hydroxyl groups is 1. The van der Waals surface area contributed by atoms with E-state index in [0.717, 1.165) is 0 Å². The minimum atomic E-state index is -1.10. The van der Waals surface area contributed by atoms with Gasteiger partial charge in [-0.3, -0.25) is 4.79 Å². The molecule has 7 atom stereocenters. The van der Waals surface area contributed by atoms with Gasteiger partial charge in [-0.2, -0.15) is 0 Å². The summed E-state index contributed by atoms with van der Waals surface area (Å²) in [6.07, 6.45) is 1.73. The largest absolute Gasteiger partial charge is 0.507 e. The van der Waals surface area contributed by atoms with Gasteiger partial charge in [0.2, 0.25) is 0 Å². The van der Waals surface area contributed by atoms with E-state index in [4.69, 9.17) is 9.47 Å². The molecule has 0 radical (unpaired) electrons. The molecule has 7 heteroatoms. The monoisotopic (exact) mass is 442 g/mol. The van der Waals surface area contributed by atoms with Crippen LogP contribution in [0.4, 0.5) is 0 Å². The summed E-state index contributed by atoms with van der Waals surface area (Å²) in [4.78, 5) is 25.2. The van der Waals surface area contributed by atoms with Gasteiger partial charge in [-0.25, -0.2) is 4.79 Å². The van der Waals surface area contributed by atoms with E-state index in [1.807, 2.05) is 26.8 Å². The number of carbonyl (C=O) groups excluding carboxylic acids is 2. The third kappa shape index (κ3) is 2.49. The lowest BCUT2D eigenvalue weighted by atomic mass is 9.45. The fourth-order valence-corrected chi connectivity index (χ4v) is 6.83. The zero-order valence-electron chi connectivity index (χ0n) is 19.0. The van der Waals surface area contributed by atoms with Crippen molar-refractivity contribution >= 4 is 11.8 Å². The second-order valence-electron chi connectivity index (χ2n) is 10.8. The van der Waals surface area contributed by atoms with Crippen molar-refractivity contribution in [1.29, 1.82) is 0 Å². The number of aliphatic hydroxyl groups excluding tert-OH is 2. The molecule has 172 valence electrons. The first-order chi connectivity index (χ1) is 14.8. The number of rotatable bonds is 0. The van der Waals surface area contributed by atoms with Crippen molar-refractivity contribution in [2.45, 2.75) is 71.4 Å². The van der Waals surface area contributed by atoms with Crippen LogP contribution in [0.1, 0.15) is 68.6 Å². The third-order valence-electron chi connectivity index (χ3n) is 8.81. The Bertz CT molecular complexity index is 1070. The van der Waals surface area contributed by atoms with E-state index in [9.17, 15) is 24.9 Å². The molecule has 2 aliphatic heterocycles. The lowest BCUT2D eigenvalue weighted by molar-refractivity contribution is -0.190. The van der Waals surface area contributed by atoms with Crippen LogP contribution in [0.15, 0.2) is 18.2 Å². The number of esters is 1. The summed E-state index contributed by atoms with van der Waals surface area (Å²) in [5.41, 5.74) is -1.12. The molecule has 0 bridgehead atoms. The SMILES string of the molecule is C[C@@H]1OC(=O)c2c(O)cc3c(c2[C@@H]1O)C[C@@H]1[C@]2(C)C=CC(=O)C(C)(C)[C@H]2C[C@@H](O)[C@@]1(C)O3. The minimum absolute atomic E-state index is 0.0330. The topological polar surface area (TPSA) is 113 Å². The quantitative estimate of drug-likeness (QED) is 0.530. The first-order valence-electron chi connectivity index (χ1n) is 11.2. The minimum Gasteiger partial charge on any atom is -0.507 e. The molecule has 0 aromatic heterocycles. The smallest absolute Gasteiger partial charge is 0.342 e. The summed E-state index contributed by atoms with van der Waals surface area (Å²) < 4.78 is 11.6. The average Bonchev–Trinajstić information content (AvgIpc) is 2.70. The molecular formula is C25H30O7. The van der Waals surface area contributed by atoms with E-state index in [-0.39, 0.29) is 28.9 Å². The van der Waals surface area contributed by atoms with Crippen LogP contribution in [-0.2, 0) is 16.0 Å². The maximum atomic E-state index is 12.7. The van der Waals surface area contributed by atoms with Gasteiger partial charge in [0, 0.05) is 28.5 Å². The van der Waals surface area contributed by atoms with E-state index in [1.165, 1.54) is 6.07 Å². The second-order valence-corrected chi connectivity index (χ2v) is 10.8. The number of aliphatic hydroxyl groups is 2. The normalized spacial score (nSPS) is 41.5. The number of hydrogen-bond donors (Lipinski definition) is 3. The standard InChI is InChI=1S/C25H30O7/c1-11-21(29)19-12-8-16-24(4)7-6-17(27)23(2,3)15(24)10-18(28)25(16,5)32-14(12)9-13(26)20(19)22(30)31-11/h6-7,9,11,15-16,18,21,26,28-29H,8,10H2,1-5H3/t11-,15+,16+,18+,21+,24+,25-/m0/s1. The fraction of sp³-hybridized carbons (Fsp3) is 0.600. The van der Waals surface area contributed by atoms with Crippen molar-refractivity contribution < 1.29 is 34.4 Å². The molecular weight excluding hydrogens is 412 g/mol. The number of cyclic esters (lactones) is 1. The molecule has 7 nitrogen and oxygen atoms in total. The van der Waals surface area contributed by atoms with E-state index >= 15 is 0 Å². The highest BCUT2D eigenvalue weighted by atomic mass is 16.6. The maximum Gasteiger partial charge on any atom is 0.342 e. The summed E-state index contributed by atoms with van der Waals surface area (Å²) >= 11 is 0. The van der Waals surface area contributed by atoms with Gasteiger partial charge >= 0.3 is 5.97 Å². The molecule has 3 N–H and O–H groups in total. The molecule has 0 saturated heterocycles. The van der Waals surface area contributed by atoms with E-state index in [0.29, 0.717) is 29.7 Å². The Morgan fingerprint density at radius 2 is 1.78 bits per heavy atom. The summed E-state index contributed by atoms with van der Waals surface area (Å²) in [5.74, 6) is -0.917. The van der Waals surface area contributed by atoms with Crippen LogP contribution in [0.5, 0.6) is 11.5 Å². The molecule has 1 aromatic carbocycles. The van der Waals surface area contributed by atoms with Crippen LogP contribution in [0.25, 0.3) is 0 Å². The zero-order valence-corrected chi connectivity index (χ0v) is 19.0. The lowest BCUT2D eigenvalue weighted by Crippen LogP contribution is -2.67. The van der Waals surface area contributed by atoms with Crippen LogP contribution < -0.4 is 4.74 Å². The Morgan fingerprint density at radius 3 is 2.47 bits per heavy atom. The highest BCUT2D eigenvalue weighted by Gasteiger charge is 2.65. The number of carbonyl (C=O) groups is 2. The van der Waals surface area contributed by atoms with Gasteiger partial charge in [-0.15, -0.1) is 0 Å². The van der Waals surface area contributed by atoms with Crippen LogP contribution in [-0.4, -0.2) is 44.9 Å². The number of ketones is 1. The number of fused-ring (bicyclic) bond motifs is 6. The van der Waals surface area contributed by atoms with Crippen molar-refractivity contribution in [1.82, 2.24) is 0 Å². The van der Waals surface area contributed by atoms with Crippen LogP contribution >= 0.6 is 0 Å². The summed E-state index contributed by atoms with van der Waals surface area (Å²) in [7, 11) is 0. The summed E-state index contributed by atoms with van der Waals surface area (Å²) in [5, 5.41) is 32.7. The predicted octanol–water partition coefficient (Wildman–Crippen LogP) is 2.85. The predicted molar refractivity (Wildman–Crippen MR) is 114 cm³/mol. The van der Waals surface area contributed by atoms with Crippen molar-refractivity contribution in [3.63, 3.8) is 0 Å². The molecule has 1 saturated carbocycles. The lowest BCUT2D eigenvalue weighted by Gasteiger charge is -2.62. The Hall–Kier alpha value is -2.38. The number of ether oxygens (including phenoxy) is 2. The molecule has 5 rings (SSSR count). The zero-order chi connectivity index (χ0) is 23.4. The molecule has 1 aromatic rings. The van der Waals surface area contributed by atoms with E-state index in [2.05, 4.69) is 6.92 Å². The van der Waals surface area contributed by atoms with Crippen molar-refractivity contribution in [3.8, 4) is 11.5 Å². The highest BCUT2D eigenvalue weighted by Crippen LogP contribution is 2.63. The molecule has 0 unspecified atom stereocenters. The van der Waals surface area contributed by atoms with Crippen LogP contribution in [0.3, 0.4) is 0 Å². The first-order valence-corrected chi connectivity index (χ1v) is 11.2. The molecule has 2 aliphatic carbocycles. The van der Waals surface area contributed by atoms with Gasteiger partial charge < -0.3 is 24.8 Å². The van der Waals surface area contributed by atoms with Crippen molar-refractivity contribution in [3.05, 3.63) is 34.9 Å². The van der Waals surface area contributed by atoms with Crippen molar-refractivity contribution in [2.75, 3.05) is 0 Å². The Labute approximate surface area is 187 Å². The van der Waals surface area contributed by atoms with Crippen LogP contribution in [0, 0.1) is 22.7 Å². The fourth-order valence-electron chi connectivity index (χ4n) is 6.83. The Kier molecular flexibility index (Phi) is 4.26. The average molecular weight is 443 g/mol. The number of hydrogen-bond acceptors (Lipinski definition) is 7. The number of phenols is 1. The molecule has 32 heavy (non-hydrogen) atoms. The van der Waals surface area contributed by atoms with Gasteiger partial charge in [0.25, 0.3) is 0 Å². The Balaban J connectivity index is 1.72. The van der Waals surface area contributed by atoms with Crippen LogP contribution in [0.2, 0.25) is 0 Å². The van der Waals surface area contributed by atoms with Crippen molar-refractivity contribution in [2.24, 2.45) is 22.7 Å². The van der Waals surface area contributed by atoms with Gasteiger partial charge in [-0.05, 0) is 44.1 Å². The van der Waals surface area contributed by atoms with Gasteiger partial charge in [0.1, 0.15) is 34.9 Å². The van der Waals surface area contributed by atoms with Gasteiger partial charge in [-0.1, -0.05) is 26.8 Å². The van der Waals surface area contributed by atoms with E-state index < -0.39 is 40.7 Å². The molecule has 0 spiro atoms. The highest BCUT2D eigenvalue weighted by molar-refractivity contribution is 5.97. The number of phenolic OH excluding ortho intramolecular Hbond substituents is 1. The third-order valence-corrected chi connectivity index (χ3v) is 8.81. The Morgan fingerprint density at radius 1 is 1.09 bits per heavy atom.